The number of anilines is 2. The largest absolute Gasteiger partial charge is 0.345 e. The molecule has 1 aliphatic heterocycles. The van der Waals surface area contributed by atoms with Gasteiger partial charge in [0.25, 0.3) is 11.8 Å². The summed E-state index contributed by atoms with van der Waals surface area (Å²) in [4.78, 5) is 49.2. The highest BCUT2D eigenvalue weighted by Crippen LogP contribution is 2.46. The number of carbonyl (C=O) groups is 3. The van der Waals surface area contributed by atoms with Crippen LogP contribution in [0.5, 0.6) is 0 Å². The summed E-state index contributed by atoms with van der Waals surface area (Å²) in [7, 11) is 1.42. The molecule has 1 aliphatic carbocycles. The van der Waals surface area contributed by atoms with Gasteiger partial charge in [-0.2, -0.15) is 5.26 Å². The molecule has 3 aromatic rings. The van der Waals surface area contributed by atoms with Crippen molar-refractivity contribution in [3.63, 3.8) is 0 Å². The molecule has 1 saturated heterocycles. The average Bonchev–Trinajstić information content (AvgIpc) is 3.42. The van der Waals surface area contributed by atoms with Crippen molar-refractivity contribution in [2.24, 2.45) is 0 Å². The predicted molar refractivity (Wildman–Crippen MR) is 161 cm³/mol. The van der Waals surface area contributed by atoms with Gasteiger partial charge in [0.05, 0.1) is 43.4 Å². The van der Waals surface area contributed by atoms with Crippen LogP contribution < -0.4 is 9.80 Å². The summed E-state index contributed by atoms with van der Waals surface area (Å²) in [5.41, 5.74) is 0.833. The summed E-state index contributed by atoms with van der Waals surface area (Å²) in [6.45, 7) is 5.61. The highest BCUT2D eigenvalue weighted by atomic mass is 19.3. The van der Waals surface area contributed by atoms with E-state index in [-0.39, 0.29) is 29.9 Å². The Balaban J connectivity index is 1.73. The van der Waals surface area contributed by atoms with Crippen molar-refractivity contribution in [3.8, 4) is 6.07 Å². The molecule has 238 valence electrons. The minimum atomic E-state index is -2.98. The molecule has 2 fully saturated rings. The van der Waals surface area contributed by atoms with Crippen LogP contribution in [-0.4, -0.2) is 52.2 Å². The van der Waals surface area contributed by atoms with Gasteiger partial charge in [0.15, 0.2) is 6.04 Å². The molecule has 3 atom stereocenters. The Kier molecular flexibility index (Phi) is 8.82. The van der Waals surface area contributed by atoms with E-state index in [1.54, 1.807) is 24.3 Å². The van der Waals surface area contributed by atoms with Crippen LogP contribution in [0.1, 0.15) is 55.3 Å². The number of alkyl halides is 2. The second-order valence-corrected chi connectivity index (χ2v) is 11.7. The molecule has 0 bridgehead atoms. The van der Waals surface area contributed by atoms with Gasteiger partial charge in [-0.25, -0.2) is 31.8 Å². The number of quaternary nitrogens is 1. The number of aromatic nitrogens is 1. The van der Waals surface area contributed by atoms with E-state index in [2.05, 4.69) is 11.6 Å². The zero-order valence-corrected chi connectivity index (χ0v) is 25.3. The smallest absolute Gasteiger partial charge is 0.290 e. The van der Waals surface area contributed by atoms with Crippen molar-refractivity contribution in [3.05, 3.63) is 102 Å². The third-order valence-corrected chi connectivity index (χ3v) is 8.89. The second-order valence-electron chi connectivity index (χ2n) is 11.7. The average molecular weight is 635 g/mol. The number of carbonyl (C=O) groups excluding carboxylic acids is 3. The van der Waals surface area contributed by atoms with Gasteiger partial charge in [0.2, 0.25) is 5.91 Å². The molecule has 46 heavy (non-hydrogen) atoms. The first-order chi connectivity index (χ1) is 21.8. The lowest BCUT2D eigenvalue weighted by Crippen LogP contribution is -2.64. The fourth-order valence-electron chi connectivity index (χ4n) is 6.26. The molecule has 2 aliphatic rings. The lowest BCUT2D eigenvalue weighted by molar-refractivity contribution is -0.822. The molecule has 0 radical (unpaired) electrons. The predicted octanol–water partition coefficient (Wildman–Crippen LogP) is 5.98. The number of likely N-dealkylation sites (N-methyl/N-ethyl adjacent to an activating group) is 1. The number of aryl methyl sites for hydroxylation is 1. The van der Waals surface area contributed by atoms with E-state index in [1.165, 1.54) is 31.6 Å². The first-order valence-corrected chi connectivity index (χ1v) is 14.8. The van der Waals surface area contributed by atoms with Crippen LogP contribution in [0.2, 0.25) is 0 Å². The molecular weight excluding hydrogens is 602 g/mol. The molecule has 0 N–H and O–H groups in total. The normalized spacial score (nSPS) is 19.5. The van der Waals surface area contributed by atoms with Crippen LogP contribution in [0.25, 0.3) is 0 Å². The van der Waals surface area contributed by atoms with Gasteiger partial charge in [-0.15, -0.1) is 0 Å². The molecule has 3 unspecified atom stereocenters. The molecule has 0 spiro atoms. The topological polar surface area (TPSA) is 94.4 Å². The molecular formula is C34H32F4N5O3+. The van der Waals surface area contributed by atoms with Crippen molar-refractivity contribution in [2.75, 3.05) is 16.8 Å². The van der Waals surface area contributed by atoms with Crippen molar-refractivity contribution in [2.45, 2.75) is 63.1 Å². The number of nitrogens with zero attached hydrogens (tertiary/aromatic N) is 5. The maximum Gasteiger partial charge on any atom is 0.345 e. The number of pyridine rings is 1. The third-order valence-electron chi connectivity index (χ3n) is 8.89. The molecule has 2 heterocycles. The van der Waals surface area contributed by atoms with Gasteiger partial charge in [0.1, 0.15) is 29.5 Å². The number of amides is 3. The summed E-state index contributed by atoms with van der Waals surface area (Å²) >= 11 is 0. The Morgan fingerprint density at radius 1 is 1.17 bits per heavy atom. The van der Waals surface area contributed by atoms with Gasteiger partial charge in [0, 0.05) is 18.7 Å². The van der Waals surface area contributed by atoms with Gasteiger partial charge in [-0.3, -0.25) is 19.4 Å². The quantitative estimate of drug-likeness (QED) is 0.213. The Morgan fingerprint density at radius 3 is 2.46 bits per heavy atom. The fraction of sp³-hybridized carbons (Fsp3) is 0.324. The lowest BCUT2D eigenvalue weighted by atomic mass is 9.84. The summed E-state index contributed by atoms with van der Waals surface area (Å²) in [5.74, 6) is -7.07. The molecule has 12 heteroatoms. The maximum atomic E-state index is 14.9. The molecule has 1 aromatic heterocycles. The Hall–Kier alpha value is -4.89. The van der Waals surface area contributed by atoms with E-state index in [4.69, 9.17) is 0 Å². The molecule has 5 rings (SSSR count). The van der Waals surface area contributed by atoms with E-state index >= 15 is 0 Å². The highest BCUT2D eigenvalue weighted by molar-refractivity contribution is 6.10. The number of halogens is 4. The Labute approximate surface area is 263 Å². The number of rotatable bonds is 9. The van der Waals surface area contributed by atoms with E-state index < -0.39 is 70.7 Å². The second kappa shape index (κ2) is 12.5. The first kappa shape index (κ1) is 32.5. The Bertz CT molecular complexity index is 1730. The number of benzene rings is 2. The maximum absolute atomic E-state index is 14.9. The fourth-order valence-corrected chi connectivity index (χ4v) is 6.26. The van der Waals surface area contributed by atoms with Crippen molar-refractivity contribution in [1.29, 1.82) is 5.26 Å². The minimum absolute atomic E-state index is 0.0190. The van der Waals surface area contributed by atoms with Crippen LogP contribution >= 0.6 is 0 Å². The summed E-state index contributed by atoms with van der Waals surface area (Å²) in [5, 5.41) is 9.42. The van der Waals surface area contributed by atoms with E-state index in [0.717, 1.165) is 21.9 Å². The molecule has 1 saturated carbocycles. The summed E-state index contributed by atoms with van der Waals surface area (Å²) < 4.78 is 57.2. The zero-order chi connectivity index (χ0) is 33.4. The first-order valence-electron chi connectivity index (χ1n) is 14.8. The van der Waals surface area contributed by atoms with Crippen molar-refractivity contribution in [1.82, 2.24) is 4.98 Å². The van der Waals surface area contributed by atoms with E-state index in [1.807, 2.05) is 13.0 Å². The zero-order valence-electron chi connectivity index (χ0n) is 25.3. The third kappa shape index (κ3) is 5.90. The molecule has 2 aromatic carbocycles. The number of hydrogen-bond donors (Lipinski definition) is 0. The van der Waals surface area contributed by atoms with E-state index in [9.17, 15) is 37.2 Å². The van der Waals surface area contributed by atoms with Crippen LogP contribution in [0.3, 0.4) is 0 Å². The van der Waals surface area contributed by atoms with Crippen LogP contribution in [0.15, 0.2) is 73.6 Å². The van der Waals surface area contributed by atoms with E-state index in [0.29, 0.717) is 23.6 Å². The molecule has 3 amide bonds. The minimum Gasteiger partial charge on any atom is -0.290 e. The standard InChI is InChI=1S/C34H32F4N5O3/c1-4-22-8-6-7-9-27(22)31(33(46)43(3,5-2)26-18-34(37,38)19-26)41(25-16-23(35)15-24(36)17-25)32(45)28-10-11-30(44)42(28)29-14-21(20-39)12-13-40-29/h5-9,12-17,26,28,31H,2,4,10-11,18-19H2,1,3H3/q+1. The van der Waals surface area contributed by atoms with Crippen LogP contribution in [-0.2, 0) is 20.8 Å². The van der Waals surface area contributed by atoms with Crippen molar-refractivity contribution >= 4 is 29.2 Å². The monoisotopic (exact) mass is 634 g/mol. The molecule has 8 nitrogen and oxygen atoms in total. The van der Waals surface area contributed by atoms with Gasteiger partial charge in [-0.05, 0) is 54.8 Å². The number of hydrogen-bond acceptors (Lipinski definition) is 5. The lowest BCUT2D eigenvalue weighted by Gasteiger charge is -2.47. The summed E-state index contributed by atoms with van der Waals surface area (Å²) in [6, 6.07) is 10.2. The number of nitriles is 1. The van der Waals surface area contributed by atoms with Crippen LogP contribution in [0, 0.1) is 23.0 Å². The highest BCUT2D eigenvalue weighted by Gasteiger charge is 2.59. The van der Waals surface area contributed by atoms with Crippen molar-refractivity contribution < 1.29 is 36.4 Å². The van der Waals surface area contributed by atoms with Crippen LogP contribution in [0.4, 0.5) is 29.1 Å². The summed E-state index contributed by atoms with van der Waals surface area (Å²) in [6.07, 6.45) is 1.64. The van der Waals surface area contributed by atoms with Gasteiger partial charge >= 0.3 is 5.91 Å². The van der Waals surface area contributed by atoms with Gasteiger partial charge < -0.3 is 0 Å². The van der Waals surface area contributed by atoms with Gasteiger partial charge in [-0.1, -0.05) is 31.2 Å². The Morgan fingerprint density at radius 2 is 1.85 bits per heavy atom. The SMILES string of the molecule is C=C[N+](C)(C(=O)C(c1ccccc1CC)N(C(=O)C1CCC(=O)N1c1cc(C#N)ccn1)c1cc(F)cc(F)c1)C1CC(F)(F)C1.